The van der Waals surface area contributed by atoms with E-state index in [-0.39, 0.29) is 0 Å². The fourth-order valence-corrected chi connectivity index (χ4v) is 4.52. The highest BCUT2D eigenvalue weighted by Crippen LogP contribution is 2.32. The van der Waals surface area contributed by atoms with Crippen molar-refractivity contribution in [1.82, 2.24) is 9.97 Å². The largest absolute Gasteiger partial charge is 0.481 e. The van der Waals surface area contributed by atoms with E-state index in [0.717, 1.165) is 52.7 Å². The number of carboxylic acid groups (broad SMARTS) is 1. The maximum Gasteiger partial charge on any atom is 0.303 e. The number of thioether (sulfide) groups is 1. The number of nitrogens with one attached hydrogen (secondary N) is 1. The van der Waals surface area contributed by atoms with Crippen LogP contribution in [0.2, 0.25) is 0 Å². The number of carbonyl (C=O) groups is 1. The van der Waals surface area contributed by atoms with E-state index in [4.69, 9.17) is 10.1 Å². The average Bonchev–Trinajstić information content (AvgIpc) is 3.23. The fourth-order valence-electron chi connectivity index (χ4n) is 3.65. The molecule has 31 heavy (non-hydrogen) atoms. The molecule has 164 valence electrons. The van der Waals surface area contributed by atoms with Crippen LogP contribution < -0.4 is 0 Å². The number of benzene rings is 2. The number of imidazole rings is 1. The number of nitrogens with zero attached hydrogens (tertiary/aromatic N) is 1. The third-order valence-corrected chi connectivity index (χ3v) is 6.28. The Hall–Kier alpha value is -2.53. The van der Waals surface area contributed by atoms with Gasteiger partial charge in [-0.2, -0.15) is 0 Å². The Morgan fingerprint density at radius 1 is 0.774 bits per heavy atom. The Kier molecular flexibility index (Phi) is 9.71. The van der Waals surface area contributed by atoms with Crippen LogP contribution in [0, 0.1) is 0 Å². The summed E-state index contributed by atoms with van der Waals surface area (Å²) in [6.45, 7) is 0. The lowest BCUT2D eigenvalue weighted by atomic mass is 10.1. The molecule has 0 spiro atoms. The molecule has 0 saturated heterocycles. The molecule has 0 aliphatic carbocycles. The first-order valence-corrected chi connectivity index (χ1v) is 12.3. The minimum absolute atomic E-state index is 0.308. The first kappa shape index (κ1) is 23.1. The SMILES string of the molecule is O=C(O)CCCCCCCCCCSc1nc(-c2ccccc2)c(-c2ccccc2)[nH]1. The monoisotopic (exact) mass is 436 g/mol. The molecule has 0 bridgehead atoms. The number of aromatic amines is 1. The molecule has 0 fully saturated rings. The molecule has 3 aromatic rings. The van der Waals surface area contributed by atoms with Gasteiger partial charge in [-0.1, -0.05) is 111 Å². The van der Waals surface area contributed by atoms with E-state index in [0.29, 0.717) is 6.42 Å². The summed E-state index contributed by atoms with van der Waals surface area (Å²) in [6.07, 6.45) is 9.44. The van der Waals surface area contributed by atoms with Gasteiger partial charge in [-0.15, -0.1) is 0 Å². The standard InChI is InChI=1S/C26H32N2O2S/c29-23(30)19-13-5-3-1-2-4-6-14-20-31-26-27-24(21-15-9-7-10-16-21)25(28-26)22-17-11-8-12-18-22/h7-12,15-18H,1-6,13-14,19-20H2,(H,27,28)(H,29,30). The third kappa shape index (κ3) is 7.91. The van der Waals surface area contributed by atoms with Crippen LogP contribution in [-0.4, -0.2) is 26.8 Å². The van der Waals surface area contributed by atoms with Crippen molar-refractivity contribution in [3.8, 4) is 22.5 Å². The second-order valence-electron chi connectivity index (χ2n) is 7.82. The van der Waals surface area contributed by atoms with Crippen LogP contribution >= 0.6 is 11.8 Å². The van der Waals surface area contributed by atoms with Crippen LogP contribution in [0.15, 0.2) is 65.8 Å². The molecule has 3 rings (SSSR count). The van der Waals surface area contributed by atoms with Crippen molar-refractivity contribution >= 4 is 17.7 Å². The molecular weight excluding hydrogens is 404 g/mol. The molecule has 0 saturated carbocycles. The molecule has 4 nitrogen and oxygen atoms in total. The zero-order valence-corrected chi connectivity index (χ0v) is 18.9. The summed E-state index contributed by atoms with van der Waals surface area (Å²) in [6, 6.07) is 20.8. The number of hydrogen-bond acceptors (Lipinski definition) is 3. The summed E-state index contributed by atoms with van der Waals surface area (Å²) in [5.74, 6) is 0.384. The minimum atomic E-state index is -0.680. The van der Waals surface area contributed by atoms with Crippen LogP contribution in [0.1, 0.15) is 57.8 Å². The van der Waals surface area contributed by atoms with Gasteiger partial charge in [-0.25, -0.2) is 4.98 Å². The highest BCUT2D eigenvalue weighted by molar-refractivity contribution is 7.99. The van der Waals surface area contributed by atoms with Gasteiger partial charge in [0.15, 0.2) is 5.16 Å². The number of aromatic nitrogens is 2. The summed E-state index contributed by atoms with van der Waals surface area (Å²) in [5.41, 5.74) is 4.38. The Bertz CT molecular complexity index is 853. The predicted octanol–water partition coefficient (Wildman–Crippen LogP) is 7.43. The summed E-state index contributed by atoms with van der Waals surface area (Å²) in [7, 11) is 0. The van der Waals surface area contributed by atoms with Crippen LogP contribution in [0.3, 0.4) is 0 Å². The highest BCUT2D eigenvalue weighted by atomic mass is 32.2. The molecule has 0 atom stereocenters. The van der Waals surface area contributed by atoms with Gasteiger partial charge in [-0.3, -0.25) is 4.79 Å². The van der Waals surface area contributed by atoms with Crippen LogP contribution in [0.25, 0.3) is 22.5 Å². The number of hydrogen-bond donors (Lipinski definition) is 2. The first-order chi connectivity index (χ1) is 15.2. The predicted molar refractivity (Wildman–Crippen MR) is 129 cm³/mol. The van der Waals surface area contributed by atoms with Gasteiger partial charge >= 0.3 is 5.97 Å². The van der Waals surface area contributed by atoms with Crippen LogP contribution in [0.4, 0.5) is 0 Å². The lowest BCUT2D eigenvalue weighted by molar-refractivity contribution is -0.137. The molecule has 0 amide bonds. The molecule has 2 aromatic carbocycles. The smallest absolute Gasteiger partial charge is 0.303 e. The van der Waals surface area contributed by atoms with E-state index in [1.165, 1.54) is 32.1 Å². The Balaban J connectivity index is 1.43. The van der Waals surface area contributed by atoms with Crippen molar-refractivity contribution in [3.05, 3.63) is 60.7 Å². The van der Waals surface area contributed by atoms with Crippen molar-refractivity contribution in [2.24, 2.45) is 0 Å². The molecule has 0 radical (unpaired) electrons. The van der Waals surface area contributed by atoms with Gasteiger partial charge < -0.3 is 10.1 Å². The number of carboxylic acids is 1. The summed E-state index contributed by atoms with van der Waals surface area (Å²) in [4.78, 5) is 18.9. The Morgan fingerprint density at radius 3 is 1.94 bits per heavy atom. The third-order valence-electron chi connectivity index (χ3n) is 5.32. The number of aliphatic carboxylic acids is 1. The van der Waals surface area contributed by atoms with E-state index in [1.54, 1.807) is 11.8 Å². The molecule has 2 N–H and O–H groups in total. The topological polar surface area (TPSA) is 66.0 Å². The van der Waals surface area contributed by atoms with Gasteiger partial charge in [-0.05, 0) is 12.8 Å². The van der Waals surface area contributed by atoms with Crippen LogP contribution in [-0.2, 0) is 4.79 Å². The van der Waals surface area contributed by atoms with E-state index in [9.17, 15) is 4.79 Å². The molecule has 1 heterocycles. The lowest BCUT2D eigenvalue weighted by Gasteiger charge is -2.02. The molecule has 1 aromatic heterocycles. The highest BCUT2D eigenvalue weighted by Gasteiger charge is 2.14. The average molecular weight is 437 g/mol. The second-order valence-corrected chi connectivity index (χ2v) is 8.90. The maximum absolute atomic E-state index is 10.5. The molecule has 0 unspecified atom stereocenters. The summed E-state index contributed by atoms with van der Waals surface area (Å²) >= 11 is 1.80. The van der Waals surface area contributed by atoms with E-state index < -0.39 is 5.97 Å². The number of H-pyrrole nitrogens is 1. The van der Waals surface area contributed by atoms with Crippen molar-refractivity contribution in [2.45, 2.75) is 62.9 Å². The quantitative estimate of drug-likeness (QED) is 0.204. The fraction of sp³-hybridized carbons (Fsp3) is 0.385. The van der Waals surface area contributed by atoms with Crippen LogP contribution in [0.5, 0.6) is 0 Å². The molecule has 5 heteroatoms. The van der Waals surface area contributed by atoms with E-state index in [1.807, 2.05) is 12.1 Å². The Morgan fingerprint density at radius 2 is 1.32 bits per heavy atom. The number of unbranched alkanes of at least 4 members (excludes halogenated alkanes) is 7. The van der Waals surface area contributed by atoms with Gasteiger partial charge in [0, 0.05) is 23.3 Å². The van der Waals surface area contributed by atoms with Gasteiger partial charge in [0.2, 0.25) is 0 Å². The Labute approximate surface area is 189 Å². The molecular formula is C26H32N2O2S. The van der Waals surface area contributed by atoms with E-state index >= 15 is 0 Å². The zero-order valence-electron chi connectivity index (χ0n) is 18.1. The minimum Gasteiger partial charge on any atom is -0.481 e. The van der Waals surface area contributed by atoms with Gasteiger partial charge in [0.05, 0.1) is 11.4 Å². The summed E-state index contributed by atoms with van der Waals surface area (Å²) < 4.78 is 0. The normalized spacial score (nSPS) is 11.0. The molecule has 0 aliphatic heterocycles. The first-order valence-electron chi connectivity index (χ1n) is 11.3. The molecule has 0 aliphatic rings. The summed E-state index contributed by atoms with van der Waals surface area (Å²) in [5, 5.41) is 9.63. The lowest BCUT2D eigenvalue weighted by Crippen LogP contribution is -1.93. The van der Waals surface area contributed by atoms with Crippen molar-refractivity contribution in [2.75, 3.05) is 5.75 Å². The van der Waals surface area contributed by atoms with Crippen molar-refractivity contribution in [3.63, 3.8) is 0 Å². The zero-order chi connectivity index (χ0) is 21.7. The van der Waals surface area contributed by atoms with Crippen molar-refractivity contribution < 1.29 is 9.90 Å². The van der Waals surface area contributed by atoms with Gasteiger partial charge in [0.25, 0.3) is 0 Å². The van der Waals surface area contributed by atoms with Crippen molar-refractivity contribution in [1.29, 1.82) is 0 Å². The second kappa shape index (κ2) is 13.0. The van der Waals surface area contributed by atoms with E-state index in [2.05, 4.69) is 53.5 Å². The maximum atomic E-state index is 10.5. The van der Waals surface area contributed by atoms with Gasteiger partial charge in [0.1, 0.15) is 0 Å². The number of rotatable bonds is 14.